The first-order chi connectivity index (χ1) is 7.81. The first-order valence-electron chi connectivity index (χ1n) is 4.58. The van der Waals surface area contributed by atoms with Gasteiger partial charge in [-0.05, 0) is 12.1 Å². The van der Waals surface area contributed by atoms with Crippen molar-refractivity contribution in [3.05, 3.63) is 28.3 Å². The van der Waals surface area contributed by atoms with Gasteiger partial charge in [-0.2, -0.15) is 0 Å². The summed E-state index contributed by atoms with van der Waals surface area (Å²) in [6, 6.07) is 4.36. The van der Waals surface area contributed by atoms with Crippen LogP contribution in [0.15, 0.2) is 18.2 Å². The first-order valence-corrected chi connectivity index (χ1v) is 6.30. The molecule has 1 aromatic carbocycles. The maximum atomic E-state index is 10.7. The second-order valence-electron chi connectivity index (χ2n) is 3.29. The van der Waals surface area contributed by atoms with Crippen LogP contribution in [0.4, 0.5) is 17.1 Å². The fourth-order valence-corrected chi connectivity index (χ4v) is 1.62. The summed E-state index contributed by atoms with van der Waals surface area (Å²) in [7, 11) is -3.60. The summed E-state index contributed by atoms with van der Waals surface area (Å²) in [5, 5.41) is 18.2. The average Bonchev–Trinajstić information content (AvgIpc) is 2.14. The van der Waals surface area contributed by atoms with Crippen LogP contribution in [-0.4, -0.2) is 25.6 Å². The zero-order valence-electron chi connectivity index (χ0n) is 8.79. The molecule has 0 aromatic heterocycles. The molecule has 0 atom stereocenters. The van der Waals surface area contributed by atoms with Crippen LogP contribution in [0, 0.1) is 10.1 Å². The van der Waals surface area contributed by atoms with E-state index in [1.54, 1.807) is 0 Å². The fourth-order valence-electron chi connectivity index (χ4n) is 1.24. The highest BCUT2D eigenvalue weighted by Gasteiger charge is 2.17. The minimum Gasteiger partial charge on any atom is -0.393 e. The van der Waals surface area contributed by atoms with E-state index in [0.717, 1.165) is 0 Å². The predicted molar refractivity (Wildman–Crippen MR) is 64.0 cm³/mol. The Morgan fingerprint density at radius 1 is 1.41 bits per heavy atom. The number of sulfonamides is 1. The van der Waals surface area contributed by atoms with Crippen LogP contribution in [-0.2, 0) is 10.0 Å². The van der Waals surface area contributed by atoms with E-state index in [-0.39, 0.29) is 29.4 Å². The number of nitrogen functional groups attached to an aromatic ring is 1. The number of hydrogen-bond acceptors (Lipinski definition) is 6. The summed E-state index contributed by atoms with van der Waals surface area (Å²) >= 11 is 0. The molecule has 0 bridgehead atoms. The predicted octanol–water partition coefficient (Wildman–Crippen LogP) is -0.123. The molecule has 5 N–H and O–H groups in total. The van der Waals surface area contributed by atoms with Gasteiger partial charge in [-0.25, -0.2) is 13.6 Å². The van der Waals surface area contributed by atoms with Crippen LogP contribution in [0.3, 0.4) is 0 Å². The molecule has 0 fully saturated rings. The smallest absolute Gasteiger partial charge is 0.314 e. The first kappa shape index (κ1) is 13.2. The summed E-state index contributed by atoms with van der Waals surface area (Å²) in [4.78, 5) is 10.1. The van der Waals surface area contributed by atoms with Gasteiger partial charge in [0.2, 0.25) is 10.0 Å². The van der Waals surface area contributed by atoms with Crippen molar-refractivity contribution < 1.29 is 13.3 Å². The van der Waals surface area contributed by atoms with Gasteiger partial charge in [0, 0.05) is 6.54 Å². The molecule has 0 radical (unpaired) electrons. The van der Waals surface area contributed by atoms with Crippen molar-refractivity contribution in [3.8, 4) is 0 Å². The molecular formula is C8H12N4O4S. The van der Waals surface area contributed by atoms with E-state index in [2.05, 4.69) is 5.32 Å². The Kier molecular flexibility index (Phi) is 3.86. The molecular weight excluding hydrogens is 248 g/mol. The van der Waals surface area contributed by atoms with E-state index in [0.29, 0.717) is 0 Å². The van der Waals surface area contributed by atoms with Gasteiger partial charge in [0.1, 0.15) is 11.4 Å². The van der Waals surface area contributed by atoms with Crippen LogP contribution in [0.1, 0.15) is 0 Å². The molecule has 94 valence electrons. The van der Waals surface area contributed by atoms with Crippen LogP contribution in [0.25, 0.3) is 0 Å². The Morgan fingerprint density at radius 3 is 2.59 bits per heavy atom. The average molecular weight is 260 g/mol. The zero-order chi connectivity index (χ0) is 13.1. The number of nitrogens with one attached hydrogen (secondary N) is 1. The molecule has 0 saturated heterocycles. The van der Waals surface area contributed by atoms with E-state index >= 15 is 0 Å². The van der Waals surface area contributed by atoms with Gasteiger partial charge in [-0.3, -0.25) is 10.1 Å². The molecule has 1 rings (SSSR count). The minimum atomic E-state index is -3.60. The van der Waals surface area contributed by atoms with Crippen molar-refractivity contribution in [1.82, 2.24) is 0 Å². The molecule has 0 spiro atoms. The van der Waals surface area contributed by atoms with E-state index in [4.69, 9.17) is 10.9 Å². The lowest BCUT2D eigenvalue weighted by molar-refractivity contribution is -0.383. The van der Waals surface area contributed by atoms with E-state index in [9.17, 15) is 18.5 Å². The molecule has 0 aliphatic heterocycles. The van der Waals surface area contributed by atoms with Gasteiger partial charge in [-0.15, -0.1) is 0 Å². The van der Waals surface area contributed by atoms with Crippen molar-refractivity contribution in [2.24, 2.45) is 5.14 Å². The van der Waals surface area contributed by atoms with Gasteiger partial charge < -0.3 is 11.1 Å². The number of primary sulfonamides is 1. The SMILES string of the molecule is Nc1cccc(NCCS(N)(=O)=O)c1[N+](=O)[O-]. The maximum Gasteiger partial charge on any atom is 0.314 e. The lowest BCUT2D eigenvalue weighted by atomic mass is 10.2. The highest BCUT2D eigenvalue weighted by Crippen LogP contribution is 2.30. The van der Waals surface area contributed by atoms with Crippen molar-refractivity contribution in [2.75, 3.05) is 23.3 Å². The molecule has 0 amide bonds. The molecule has 17 heavy (non-hydrogen) atoms. The highest BCUT2D eigenvalue weighted by molar-refractivity contribution is 7.89. The fraction of sp³-hybridized carbons (Fsp3) is 0.250. The van der Waals surface area contributed by atoms with E-state index in [1.165, 1.54) is 18.2 Å². The largest absolute Gasteiger partial charge is 0.393 e. The third-order valence-electron chi connectivity index (χ3n) is 1.95. The number of para-hydroxylation sites is 1. The monoisotopic (exact) mass is 260 g/mol. The number of nitrogens with two attached hydrogens (primary N) is 2. The van der Waals surface area contributed by atoms with Crippen LogP contribution < -0.4 is 16.2 Å². The summed E-state index contributed by atoms with van der Waals surface area (Å²) in [5.41, 5.74) is 5.35. The molecule has 0 unspecified atom stereocenters. The van der Waals surface area contributed by atoms with Crippen molar-refractivity contribution >= 4 is 27.1 Å². The van der Waals surface area contributed by atoms with Crippen LogP contribution in [0.2, 0.25) is 0 Å². The van der Waals surface area contributed by atoms with Crippen LogP contribution >= 0.6 is 0 Å². The molecule has 1 aromatic rings. The third kappa shape index (κ3) is 3.89. The topological polar surface area (TPSA) is 141 Å². The standard InChI is InChI=1S/C8H12N4O4S/c9-6-2-1-3-7(8(6)12(13)14)11-4-5-17(10,15)16/h1-3,11H,4-5,9H2,(H2,10,15,16). The normalized spacial score (nSPS) is 11.1. The van der Waals surface area contributed by atoms with E-state index in [1.807, 2.05) is 0 Å². The Bertz CT molecular complexity index is 528. The van der Waals surface area contributed by atoms with E-state index < -0.39 is 14.9 Å². The third-order valence-corrected chi connectivity index (χ3v) is 2.72. The van der Waals surface area contributed by atoms with Gasteiger partial charge in [0.25, 0.3) is 0 Å². The second kappa shape index (κ2) is 4.97. The molecule has 9 heteroatoms. The summed E-state index contributed by atoms with van der Waals surface area (Å²) < 4.78 is 21.4. The number of nitro benzene ring substituents is 1. The molecule has 0 saturated carbocycles. The number of benzene rings is 1. The van der Waals surface area contributed by atoms with Crippen molar-refractivity contribution in [3.63, 3.8) is 0 Å². The number of anilines is 2. The summed E-state index contributed by atoms with van der Waals surface area (Å²) in [6.07, 6.45) is 0. The van der Waals surface area contributed by atoms with Crippen LogP contribution in [0.5, 0.6) is 0 Å². The number of hydrogen-bond donors (Lipinski definition) is 3. The quantitative estimate of drug-likeness (QED) is 0.382. The summed E-state index contributed by atoms with van der Waals surface area (Å²) in [5.74, 6) is -0.320. The number of rotatable bonds is 5. The Morgan fingerprint density at radius 2 is 2.06 bits per heavy atom. The minimum absolute atomic E-state index is 0.00982. The van der Waals surface area contributed by atoms with Crippen molar-refractivity contribution in [1.29, 1.82) is 0 Å². The van der Waals surface area contributed by atoms with Gasteiger partial charge in [0.15, 0.2) is 0 Å². The van der Waals surface area contributed by atoms with Gasteiger partial charge >= 0.3 is 5.69 Å². The molecule has 0 heterocycles. The number of nitro groups is 1. The van der Waals surface area contributed by atoms with Gasteiger partial charge in [-0.1, -0.05) is 6.07 Å². The zero-order valence-corrected chi connectivity index (χ0v) is 9.61. The lowest BCUT2D eigenvalue weighted by Gasteiger charge is -2.07. The Labute approximate surface area is 97.8 Å². The Balaban J connectivity index is 2.85. The molecule has 0 aliphatic carbocycles. The highest BCUT2D eigenvalue weighted by atomic mass is 32.2. The van der Waals surface area contributed by atoms with Gasteiger partial charge in [0.05, 0.1) is 10.7 Å². The second-order valence-corrected chi connectivity index (χ2v) is 5.03. The molecule has 0 aliphatic rings. The molecule has 8 nitrogen and oxygen atoms in total. The maximum absolute atomic E-state index is 10.7. The van der Waals surface area contributed by atoms with Crippen molar-refractivity contribution in [2.45, 2.75) is 0 Å². The number of nitrogens with zero attached hydrogens (tertiary/aromatic N) is 1. The lowest BCUT2D eigenvalue weighted by Crippen LogP contribution is -2.22. The Hall–Kier alpha value is -1.87. The summed E-state index contributed by atoms with van der Waals surface area (Å²) in [6.45, 7) is -0.0247.